The summed E-state index contributed by atoms with van der Waals surface area (Å²) in [7, 11) is 3.16. The minimum absolute atomic E-state index is 0.00188. The Labute approximate surface area is 172 Å². The van der Waals surface area contributed by atoms with Crippen molar-refractivity contribution >= 4 is 11.8 Å². The molecule has 2 aliphatic heterocycles. The van der Waals surface area contributed by atoms with Gasteiger partial charge in [0.2, 0.25) is 11.8 Å². The number of benzene rings is 1. The summed E-state index contributed by atoms with van der Waals surface area (Å²) >= 11 is 0. The fourth-order valence-corrected chi connectivity index (χ4v) is 4.19. The smallest absolute Gasteiger partial charge is 0.236 e. The molecule has 0 radical (unpaired) electrons. The van der Waals surface area contributed by atoms with Gasteiger partial charge in [-0.15, -0.1) is 0 Å². The second-order valence-corrected chi connectivity index (χ2v) is 8.16. The van der Waals surface area contributed by atoms with Crippen LogP contribution in [-0.2, 0) is 16.1 Å². The molecule has 1 aromatic carbocycles. The third kappa shape index (κ3) is 5.69. The lowest BCUT2D eigenvalue weighted by Crippen LogP contribution is -2.46. The number of halogens is 1. The number of hydrogen-bond acceptors (Lipinski definition) is 4. The predicted octanol–water partition coefficient (Wildman–Crippen LogP) is 2.52. The minimum Gasteiger partial charge on any atom is -0.494 e. The summed E-state index contributed by atoms with van der Waals surface area (Å²) in [5.41, 5.74) is 0.727. The van der Waals surface area contributed by atoms with Crippen LogP contribution in [0.15, 0.2) is 18.2 Å². The topological polar surface area (TPSA) is 53.1 Å². The van der Waals surface area contributed by atoms with Crippen molar-refractivity contribution in [2.75, 3.05) is 46.9 Å². The normalized spacial score (nSPS) is 18.5. The molecule has 1 aromatic rings. The van der Waals surface area contributed by atoms with Crippen LogP contribution >= 0.6 is 0 Å². The lowest BCUT2D eigenvalue weighted by atomic mass is 9.94. The van der Waals surface area contributed by atoms with Gasteiger partial charge in [-0.25, -0.2) is 4.39 Å². The molecule has 0 aliphatic carbocycles. The molecule has 29 heavy (non-hydrogen) atoms. The molecule has 7 heteroatoms. The molecule has 0 aromatic heterocycles. The molecular formula is C22H32FN3O3. The number of rotatable bonds is 6. The van der Waals surface area contributed by atoms with Crippen molar-refractivity contribution in [3.8, 4) is 5.75 Å². The zero-order valence-electron chi connectivity index (χ0n) is 17.5. The summed E-state index contributed by atoms with van der Waals surface area (Å²) in [6.45, 7) is 4.01. The molecule has 0 spiro atoms. The summed E-state index contributed by atoms with van der Waals surface area (Å²) in [5.74, 6) is 0.173. The van der Waals surface area contributed by atoms with Crippen molar-refractivity contribution in [3.63, 3.8) is 0 Å². The van der Waals surface area contributed by atoms with E-state index >= 15 is 0 Å². The number of nitrogens with zero attached hydrogens (tertiary/aromatic N) is 3. The Morgan fingerprint density at radius 3 is 2.45 bits per heavy atom. The SMILES string of the molecule is COc1ccc(CN(C)C(=O)CN2CCC(C(=O)N3CCCCC3)CC2)cc1F. The average molecular weight is 406 g/mol. The molecule has 160 valence electrons. The molecule has 0 unspecified atom stereocenters. The van der Waals surface area contributed by atoms with Crippen molar-refractivity contribution < 1.29 is 18.7 Å². The van der Waals surface area contributed by atoms with Gasteiger partial charge in [-0.1, -0.05) is 6.07 Å². The Bertz CT molecular complexity index is 713. The van der Waals surface area contributed by atoms with Crippen molar-refractivity contribution in [2.24, 2.45) is 5.92 Å². The van der Waals surface area contributed by atoms with Gasteiger partial charge >= 0.3 is 0 Å². The summed E-state index contributed by atoms with van der Waals surface area (Å²) in [4.78, 5) is 31.0. The second-order valence-electron chi connectivity index (χ2n) is 8.16. The van der Waals surface area contributed by atoms with Crippen LogP contribution in [0.1, 0.15) is 37.7 Å². The van der Waals surface area contributed by atoms with Gasteiger partial charge in [-0.05, 0) is 62.9 Å². The molecular weight excluding hydrogens is 373 g/mol. The molecule has 2 amide bonds. The number of carbonyl (C=O) groups excluding carboxylic acids is 2. The predicted molar refractivity (Wildman–Crippen MR) is 109 cm³/mol. The quantitative estimate of drug-likeness (QED) is 0.730. The first-order valence-corrected chi connectivity index (χ1v) is 10.6. The first kappa shape index (κ1) is 21.6. The highest BCUT2D eigenvalue weighted by Crippen LogP contribution is 2.22. The highest BCUT2D eigenvalue weighted by atomic mass is 19.1. The van der Waals surface area contributed by atoms with Crippen molar-refractivity contribution in [1.29, 1.82) is 0 Å². The monoisotopic (exact) mass is 405 g/mol. The summed E-state index contributed by atoms with van der Waals surface area (Å²) in [5, 5.41) is 0. The third-order valence-corrected chi connectivity index (χ3v) is 6.03. The highest BCUT2D eigenvalue weighted by Gasteiger charge is 2.30. The van der Waals surface area contributed by atoms with Gasteiger partial charge < -0.3 is 14.5 Å². The van der Waals surface area contributed by atoms with Crippen LogP contribution in [0.3, 0.4) is 0 Å². The van der Waals surface area contributed by atoms with E-state index in [9.17, 15) is 14.0 Å². The Kier molecular flexibility index (Phi) is 7.47. The fourth-order valence-electron chi connectivity index (χ4n) is 4.19. The van der Waals surface area contributed by atoms with Gasteiger partial charge in [0.15, 0.2) is 11.6 Å². The molecule has 6 nitrogen and oxygen atoms in total. The maximum atomic E-state index is 13.8. The number of hydrogen-bond donors (Lipinski definition) is 0. The van der Waals surface area contributed by atoms with E-state index in [0.29, 0.717) is 19.0 Å². The van der Waals surface area contributed by atoms with E-state index in [4.69, 9.17) is 4.74 Å². The number of ether oxygens (including phenoxy) is 1. The van der Waals surface area contributed by atoms with Crippen LogP contribution in [0.5, 0.6) is 5.75 Å². The van der Waals surface area contributed by atoms with Crippen molar-refractivity contribution in [1.82, 2.24) is 14.7 Å². The molecule has 0 bridgehead atoms. The van der Waals surface area contributed by atoms with Gasteiger partial charge in [0.25, 0.3) is 0 Å². The van der Waals surface area contributed by atoms with Gasteiger partial charge in [0.05, 0.1) is 13.7 Å². The molecule has 2 saturated heterocycles. The maximum absolute atomic E-state index is 13.8. The zero-order chi connectivity index (χ0) is 20.8. The summed E-state index contributed by atoms with van der Waals surface area (Å²) in [6, 6.07) is 4.75. The number of amides is 2. The fraction of sp³-hybridized carbons (Fsp3) is 0.636. The maximum Gasteiger partial charge on any atom is 0.236 e. The highest BCUT2D eigenvalue weighted by molar-refractivity contribution is 5.79. The number of piperidine rings is 2. The van der Waals surface area contributed by atoms with E-state index in [1.807, 2.05) is 4.90 Å². The molecule has 3 rings (SSSR count). The van der Waals surface area contributed by atoms with Crippen LogP contribution in [0, 0.1) is 11.7 Å². The van der Waals surface area contributed by atoms with E-state index in [0.717, 1.165) is 57.4 Å². The Morgan fingerprint density at radius 1 is 1.14 bits per heavy atom. The van der Waals surface area contributed by atoms with Crippen molar-refractivity contribution in [3.05, 3.63) is 29.6 Å². The first-order valence-electron chi connectivity index (χ1n) is 10.6. The van der Waals surface area contributed by atoms with Crippen LogP contribution in [0.2, 0.25) is 0 Å². The number of carbonyl (C=O) groups is 2. The second kappa shape index (κ2) is 10.1. The van der Waals surface area contributed by atoms with E-state index in [1.54, 1.807) is 24.1 Å². The van der Waals surface area contributed by atoms with E-state index in [1.165, 1.54) is 19.6 Å². The van der Waals surface area contributed by atoms with Crippen LogP contribution in [0.4, 0.5) is 4.39 Å². The number of likely N-dealkylation sites (tertiary alicyclic amines) is 2. The van der Waals surface area contributed by atoms with E-state index < -0.39 is 5.82 Å². The molecule has 2 fully saturated rings. The molecule has 2 heterocycles. The largest absolute Gasteiger partial charge is 0.494 e. The van der Waals surface area contributed by atoms with Crippen molar-refractivity contribution in [2.45, 2.75) is 38.6 Å². The Morgan fingerprint density at radius 2 is 1.83 bits per heavy atom. The van der Waals surface area contributed by atoms with Crippen LogP contribution < -0.4 is 4.74 Å². The molecule has 0 saturated carbocycles. The lowest BCUT2D eigenvalue weighted by Gasteiger charge is -2.35. The van der Waals surface area contributed by atoms with Gasteiger partial charge in [-0.3, -0.25) is 14.5 Å². The van der Waals surface area contributed by atoms with E-state index in [2.05, 4.69) is 4.90 Å². The van der Waals surface area contributed by atoms with Gasteiger partial charge in [-0.2, -0.15) is 0 Å². The lowest BCUT2D eigenvalue weighted by molar-refractivity contribution is -0.138. The summed E-state index contributed by atoms with van der Waals surface area (Å²) < 4.78 is 18.8. The number of likely N-dealkylation sites (N-methyl/N-ethyl adjacent to an activating group) is 1. The van der Waals surface area contributed by atoms with Crippen LogP contribution in [-0.4, -0.2) is 73.4 Å². The minimum atomic E-state index is -0.425. The Hall–Kier alpha value is -2.15. The average Bonchev–Trinajstić information content (AvgIpc) is 2.74. The molecule has 2 aliphatic rings. The van der Waals surface area contributed by atoms with Gasteiger partial charge in [0.1, 0.15) is 0 Å². The zero-order valence-corrected chi connectivity index (χ0v) is 17.5. The Balaban J connectivity index is 1.44. The first-order chi connectivity index (χ1) is 14.0. The molecule has 0 atom stereocenters. The van der Waals surface area contributed by atoms with Crippen LogP contribution in [0.25, 0.3) is 0 Å². The summed E-state index contributed by atoms with van der Waals surface area (Å²) in [6.07, 6.45) is 5.08. The standard InChI is InChI=1S/C22H32FN3O3/c1-24(15-17-6-7-20(29-2)19(23)14-17)21(27)16-25-12-8-18(9-13-25)22(28)26-10-4-3-5-11-26/h6-7,14,18H,3-5,8-13,15-16H2,1-2H3. The van der Waals surface area contributed by atoms with Gasteiger partial charge in [0, 0.05) is 32.6 Å². The number of methoxy groups -OCH3 is 1. The van der Waals surface area contributed by atoms with E-state index in [-0.39, 0.29) is 17.6 Å². The molecule has 0 N–H and O–H groups in total. The third-order valence-electron chi connectivity index (χ3n) is 6.03.